The molecule has 1 rings (SSSR count). The van der Waals surface area contributed by atoms with Crippen molar-refractivity contribution >= 4 is 0 Å². The zero-order valence-corrected chi connectivity index (χ0v) is 7.34. The molecule has 66 valence electrons. The number of hydrogen-bond donors (Lipinski definition) is 2. The molecule has 11 heavy (non-hydrogen) atoms. The van der Waals surface area contributed by atoms with Crippen LogP contribution in [0.2, 0.25) is 0 Å². The van der Waals surface area contributed by atoms with Gasteiger partial charge in [-0.25, -0.2) is 0 Å². The van der Waals surface area contributed by atoms with Gasteiger partial charge < -0.3 is 10.8 Å². The molecule has 1 aliphatic rings. The second-order valence-electron chi connectivity index (χ2n) is 3.80. The van der Waals surface area contributed by atoms with Gasteiger partial charge in [0.15, 0.2) is 0 Å². The molecular formula is C9H19NO. The Morgan fingerprint density at radius 3 is 2.91 bits per heavy atom. The molecule has 0 spiro atoms. The highest BCUT2D eigenvalue weighted by atomic mass is 16.3. The summed E-state index contributed by atoms with van der Waals surface area (Å²) < 4.78 is 0. The van der Waals surface area contributed by atoms with Crippen molar-refractivity contribution in [2.24, 2.45) is 11.7 Å². The second kappa shape index (κ2) is 3.55. The zero-order chi connectivity index (χ0) is 8.32. The highest BCUT2D eigenvalue weighted by Gasteiger charge is 2.31. The molecular weight excluding hydrogens is 138 g/mol. The zero-order valence-electron chi connectivity index (χ0n) is 7.34. The highest BCUT2D eigenvalue weighted by Crippen LogP contribution is 2.33. The maximum Gasteiger partial charge on any atom is 0.0772 e. The van der Waals surface area contributed by atoms with Crippen LogP contribution in [0.1, 0.15) is 39.0 Å². The van der Waals surface area contributed by atoms with Crippen molar-refractivity contribution in [1.82, 2.24) is 0 Å². The summed E-state index contributed by atoms with van der Waals surface area (Å²) in [6.45, 7) is 2.62. The van der Waals surface area contributed by atoms with Gasteiger partial charge in [-0.3, -0.25) is 0 Å². The minimum absolute atomic E-state index is 0.434. The molecule has 0 aromatic rings. The van der Waals surface area contributed by atoms with E-state index < -0.39 is 5.60 Å². The molecule has 0 aromatic heterocycles. The Kier molecular flexibility index (Phi) is 2.90. The minimum atomic E-state index is -0.529. The molecule has 0 unspecified atom stereocenters. The Morgan fingerprint density at radius 1 is 1.64 bits per heavy atom. The Morgan fingerprint density at radius 2 is 2.36 bits per heavy atom. The SMILES string of the molecule is CC[C@@H]1CCC[C@@](O)(CN)C1. The first-order valence-electron chi connectivity index (χ1n) is 4.62. The Balaban J connectivity index is 2.44. The van der Waals surface area contributed by atoms with Gasteiger partial charge in [0.1, 0.15) is 0 Å². The molecule has 0 bridgehead atoms. The topological polar surface area (TPSA) is 46.2 Å². The van der Waals surface area contributed by atoms with Crippen molar-refractivity contribution in [3.63, 3.8) is 0 Å². The van der Waals surface area contributed by atoms with Gasteiger partial charge in [0.05, 0.1) is 5.60 Å². The van der Waals surface area contributed by atoms with E-state index >= 15 is 0 Å². The fourth-order valence-electron chi connectivity index (χ4n) is 2.00. The molecule has 1 fully saturated rings. The molecule has 0 aliphatic heterocycles. The van der Waals surface area contributed by atoms with E-state index in [0.717, 1.165) is 19.3 Å². The normalized spacial score (nSPS) is 39.0. The summed E-state index contributed by atoms with van der Waals surface area (Å²) in [7, 11) is 0. The molecule has 1 saturated carbocycles. The maximum atomic E-state index is 9.86. The third kappa shape index (κ3) is 2.17. The average Bonchev–Trinajstić information content (AvgIpc) is 2.05. The summed E-state index contributed by atoms with van der Waals surface area (Å²) in [4.78, 5) is 0. The van der Waals surface area contributed by atoms with Crippen LogP contribution in [0.5, 0.6) is 0 Å². The molecule has 1 aliphatic carbocycles. The standard InChI is InChI=1S/C9H19NO/c1-2-8-4-3-5-9(11,6-8)7-10/h8,11H,2-7,10H2,1H3/t8-,9+/m1/s1. The molecule has 0 radical (unpaired) electrons. The molecule has 2 nitrogen and oxygen atoms in total. The Labute approximate surface area is 68.8 Å². The van der Waals surface area contributed by atoms with E-state index in [-0.39, 0.29) is 0 Å². The van der Waals surface area contributed by atoms with Crippen molar-refractivity contribution in [2.75, 3.05) is 6.54 Å². The van der Waals surface area contributed by atoms with Gasteiger partial charge in [0.25, 0.3) is 0 Å². The smallest absolute Gasteiger partial charge is 0.0772 e. The first-order valence-corrected chi connectivity index (χ1v) is 4.62. The van der Waals surface area contributed by atoms with Gasteiger partial charge in [-0.1, -0.05) is 26.2 Å². The van der Waals surface area contributed by atoms with Gasteiger partial charge in [-0.2, -0.15) is 0 Å². The minimum Gasteiger partial charge on any atom is -0.389 e. The van der Waals surface area contributed by atoms with Crippen LogP contribution in [-0.2, 0) is 0 Å². The number of hydrogen-bond acceptors (Lipinski definition) is 2. The number of nitrogens with two attached hydrogens (primary N) is 1. The van der Waals surface area contributed by atoms with Crippen LogP contribution >= 0.6 is 0 Å². The average molecular weight is 157 g/mol. The summed E-state index contributed by atoms with van der Waals surface area (Å²) >= 11 is 0. The van der Waals surface area contributed by atoms with Crippen molar-refractivity contribution in [2.45, 2.75) is 44.6 Å². The summed E-state index contributed by atoms with van der Waals surface area (Å²) in [6, 6.07) is 0. The molecule has 3 N–H and O–H groups in total. The largest absolute Gasteiger partial charge is 0.389 e. The molecule has 0 heterocycles. The van der Waals surface area contributed by atoms with Crippen molar-refractivity contribution < 1.29 is 5.11 Å². The molecule has 2 atom stereocenters. The lowest BCUT2D eigenvalue weighted by molar-refractivity contribution is -0.00839. The fourth-order valence-corrected chi connectivity index (χ4v) is 2.00. The van der Waals surface area contributed by atoms with Crippen molar-refractivity contribution in [3.8, 4) is 0 Å². The van der Waals surface area contributed by atoms with Gasteiger partial charge in [0, 0.05) is 6.54 Å². The Bertz CT molecular complexity index is 127. The lowest BCUT2D eigenvalue weighted by Gasteiger charge is -2.35. The van der Waals surface area contributed by atoms with Crippen molar-refractivity contribution in [3.05, 3.63) is 0 Å². The predicted octanol–water partition coefficient (Wildman–Crippen LogP) is 1.28. The van der Waals surface area contributed by atoms with Gasteiger partial charge in [-0.15, -0.1) is 0 Å². The van der Waals surface area contributed by atoms with Crippen LogP contribution in [0.15, 0.2) is 0 Å². The predicted molar refractivity (Wildman–Crippen MR) is 46.3 cm³/mol. The highest BCUT2D eigenvalue weighted by molar-refractivity contribution is 4.86. The monoisotopic (exact) mass is 157 g/mol. The van der Waals surface area contributed by atoms with Crippen LogP contribution in [-0.4, -0.2) is 17.3 Å². The summed E-state index contributed by atoms with van der Waals surface area (Å²) in [5, 5.41) is 9.86. The molecule has 2 heteroatoms. The van der Waals surface area contributed by atoms with E-state index in [2.05, 4.69) is 6.92 Å². The Hall–Kier alpha value is -0.0800. The van der Waals surface area contributed by atoms with Crippen LogP contribution in [0, 0.1) is 5.92 Å². The van der Waals surface area contributed by atoms with E-state index in [0.29, 0.717) is 12.5 Å². The first-order chi connectivity index (χ1) is 5.20. The van der Waals surface area contributed by atoms with E-state index in [1.165, 1.54) is 12.8 Å². The van der Waals surface area contributed by atoms with Crippen LogP contribution < -0.4 is 5.73 Å². The molecule has 0 saturated heterocycles. The third-order valence-electron chi connectivity index (χ3n) is 2.88. The fraction of sp³-hybridized carbons (Fsp3) is 1.00. The van der Waals surface area contributed by atoms with Crippen LogP contribution in [0.4, 0.5) is 0 Å². The van der Waals surface area contributed by atoms with E-state index in [1.807, 2.05) is 0 Å². The molecule has 0 amide bonds. The van der Waals surface area contributed by atoms with Crippen molar-refractivity contribution in [1.29, 1.82) is 0 Å². The lowest BCUT2D eigenvalue weighted by atomic mass is 9.77. The quantitative estimate of drug-likeness (QED) is 0.634. The number of aliphatic hydroxyl groups is 1. The molecule has 0 aromatic carbocycles. The first kappa shape index (κ1) is 9.01. The van der Waals surface area contributed by atoms with Gasteiger partial charge in [0.2, 0.25) is 0 Å². The van der Waals surface area contributed by atoms with Crippen LogP contribution in [0.25, 0.3) is 0 Å². The summed E-state index contributed by atoms with van der Waals surface area (Å²) in [6.07, 6.45) is 5.42. The van der Waals surface area contributed by atoms with E-state index in [1.54, 1.807) is 0 Å². The third-order valence-corrected chi connectivity index (χ3v) is 2.88. The van der Waals surface area contributed by atoms with Gasteiger partial charge >= 0.3 is 0 Å². The lowest BCUT2D eigenvalue weighted by Crippen LogP contribution is -2.42. The van der Waals surface area contributed by atoms with Crippen LogP contribution in [0.3, 0.4) is 0 Å². The van der Waals surface area contributed by atoms with E-state index in [9.17, 15) is 5.11 Å². The summed E-state index contributed by atoms with van der Waals surface area (Å²) in [5.74, 6) is 0.706. The second-order valence-corrected chi connectivity index (χ2v) is 3.80. The van der Waals surface area contributed by atoms with E-state index in [4.69, 9.17) is 5.73 Å². The summed E-state index contributed by atoms with van der Waals surface area (Å²) in [5.41, 5.74) is 4.98. The maximum absolute atomic E-state index is 9.86. The number of rotatable bonds is 2. The van der Waals surface area contributed by atoms with Gasteiger partial charge in [-0.05, 0) is 18.8 Å².